The molecule has 172 valence electrons. The third-order valence-corrected chi connectivity index (χ3v) is 7.74. The average Bonchev–Trinajstić information content (AvgIpc) is 3.17. The Labute approximate surface area is 199 Å². The Kier molecular flexibility index (Phi) is 6.99. The highest BCUT2D eigenvalue weighted by Crippen LogP contribution is 2.36. The number of amides is 1. The van der Waals surface area contributed by atoms with Gasteiger partial charge < -0.3 is 10.1 Å². The van der Waals surface area contributed by atoms with Crippen LogP contribution in [0, 0.1) is 5.92 Å². The highest BCUT2D eigenvalue weighted by molar-refractivity contribution is 7.99. The van der Waals surface area contributed by atoms with E-state index in [0.717, 1.165) is 35.0 Å². The number of hydrogen-bond donors (Lipinski definition) is 1. The van der Waals surface area contributed by atoms with Gasteiger partial charge in [-0.1, -0.05) is 24.8 Å². The van der Waals surface area contributed by atoms with Gasteiger partial charge in [-0.2, -0.15) is 0 Å². The van der Waals surface area contributed by atoms with E-state index in [9.17, 15) is 14.4 Å². The summed E-state index contributed by atoms with van der Waals surface area (Å²) >= 11 is 2.83. The number of thioether (sulfide) groups is 1. The number of rotatable bonds is 7. The summed E-state index contributed by atoms with van der Waals surface area (Å²) in [5.41, 5.74) is 2.06. The molecule has 0 bridgehead atoms. The van der Waals surface area contributed by atoms with Crippen molar-refractivity contribution >= 4 is 50.9 Å². The Balaban J connectivity index is 1.53. The van der Waals surface area contributed by atoms with E-state index in [4.69, 9.17) is 4.98 Å². The maximum Gasteiger partial charge on any atom is 0.337 e. The number of nitrogens with one attached hydrogen (secondary N) is 1. The van der Waals surface area contributed by atoms with E-state index in [1.165, 1.54) is 23.7 Å². The van der Waals surface area contributed by atoms with Crippen LogP contribution < -0.4 is 10.9 Å². The van der Waals surface area contributed by atoms with Gasteiger partial charge >= 0.3 is 5.97 Å². The molecule has 1 aliphatic rings. The van der Waals surface area contributed by atoms with Crippen molar-refractivity contribution < 1.29 is 14.3 Å². The molecule has 2 aromatic heterocycles. The smallest absolute Gasteiger partial charge is 0.337 e. The number of aryl methyl sites for hydroxylation is 1. The van der Waals surface area contributed by atoms with Gasteiger partial charge in [-0.25, -0.2) is 9.78 Å². The van der Waals surface area contributed by atoms with Crippen molar-refractivity contribution in [3.8, 4) is 0 Å². The highest BCUT2D eigenvalue weighted by Gasteiger charge is 2.24. The second-order valence-electron chi connectivity index (χ2n) is 8.04. The molecule has 9 heteroatoms. The highest BCUT2D eigenvalue weighted by atomic mass is 32.2. The standard InChI is InChI=1S/C24H25N3O4S2/c1-4-11-27-22(29)20-17-10-5-14(2)12-18(17)33-21(20)26-24(27)32-13-19(28)25-16-8-6-15(7-9-16)23(30)31-3/h4,6-9,14H,1,5,10-13H2,2-3H3,(H,25,28). The summed E-state index contributed by atoms with van der Waals surface area (Å²) in [4.78, 5) is 44.2. The fourth-order valence-corrected chi connectivity index (χ4v) is 6.17. The molecule has 0 radical (unpaired) electrons. The number of thiophene rings is 1. The number of esters is 1. The number of allylic oxidation sites excluding steroid dienone is 1. The lowest BCUT2D eigenvalue weighted by atomic mass is 9.89. The molecule has 33 heavy (non-hydrogen) atoms. The van der Waals surface area contributed by atoms with E-state index in [0.29, 0.717) is 28.9 Å². The number of nitrogens with zero attached hydrogens (tertiary/aromatic N) is 2. The zero-order valence-electron chi connectivity index (χ0n) is 18.6. The van der Waals surface area contributed by atoms with Gasteiger partial charge in [0, 0.05) is 17.1 Å². The van der Waals surface area contributed by atoms with Crippen molar-refractivity contribution in [2.45, 2.75) is 37.9 Å². The first-order valence-corrected chi connectivity index (χ1v) is 12.5. The summed E-state index contributed by atoms with van der Waals surface area (Å²) < 4.78 is 6.28. The Morgan fingerprint density at radius 2 is 2.12 bits per heavy atom. The summed E-state index contributed by atoms with van der Waals surface area (Å²) in [7, 11) is 1.32. The lowest BCUT2D eigenvalue weighted by Gasteiger charge is -2.17. The van der Waals surface area contributed by atoms with Crippen molar-refractivity contribution in [2.75, 3.05) is 18.2 Å². The number of anilines is 1. The molecule has 0 spiro atoms. The number of fused-ring (bicyclic) bond motifs is 3. The number of ether oxygens (including phenoxy) is 1. The van der Waals surface area contributed by atoms with Gasteiger partial charge in [0.2, 0.25) is 5.91 Å². The van der Waals surface area contributed by atoms with Gasteiger partial charge in [-0.05, 0) is 55.0 Å². The van der Waals surface area contributed by atoms with Crippen LogP contribution >= 0.6 is 23.1 Å². The monoisotopic (exact) mass is 483 g/mol. The van der Waals surface area contributed by atoms with Crippen molar-refractivity contribution in [3.63, 3.8) is 0 Å². The molecule has 0 aliphatic heterocycles. The molecule has 0 saturated carbocycles. The first-order chi connectivity index (χ1) is 15.9. The average molecular weight is 484 g/mol. The topological polar surface area (TPSA) is 90.3 Å². The Morgan fingerprint density at radius 1 is 1.36 bits per heavy atom. The van der Waals surface area contributed by atoms with Crippen LogP contribution in [-0.2, 0) is 28.9 Å². The van der Waals surface area contributed by atoms with E-state index in [1.54, 1.807) is 46.2 Å². The van der Waals surface area contributed by atoms with Crippen molar-refractivity contribution in [1.29, 1.82) is 0 Å². The van der Waals surface area contributed by atoms with E-state index in [-0.39, 0.29) is 17.2 Å². The van der Waals surface area contributed by atoms with Crippen molar-refractivity contribution in [2.24, 2.45) is 5.92 Å². The van der Waals surface area contributed by atoms with Gasteiger partial charge in [0.05, 0.1) is 23.8 Å². The zero-order chi connectivity index (χ0) is 23.5. The van der Waals surface area contributed by atoms with E-state index in [2.05, 4.69) is 23.6 Å². The third kappa shape index (κ3) is 4.89. The lowest BCUT2D eigenvalue weighted by Crippen LogP contribution is -2.24. The van der Waals surface area contributed by atoms with Crippen LogP contribution in [0.15, 0.2) is 46.9 Å². The molecule has 1 atom stereocenters. The maximum atomic E-state index is 13.3. The minimum atomic E-state index is -0.435. The van der Waals surface area contributed by atoms with Gasteiger partial charge in [-0.15, -0.1) is 17.9 Å². The molecule has 1 aromatic carbocycles. The number of aromatic nitrogens is 2. The number of hydrogen-bond acceptors (Lipinski definition) is 7. The molecule has 2 heterocycles. The van der Waals surface area contributed by atoms with Gasteiger partial charge in [-0.3, -0.25) is 14.2 Å². The normalized spacial score (nSPS) is 15.2. The maximum absolute atomic E-state index is 13.3. The predicted molar refractivity (Wildman–Crippen MR) is 132 cm³/mol. The third-order valence-electron chi connectivity index (χ3n) is 5.61. The number of benzene rings is 1. The second kappa shape index (κ2) is 9.93. The second-order valence-corrected chi connectivity index (χ2v) is 10.1. The minimum Gasteiger partial charge on any atom is -0.465 e. The molecule has 3 aromatic rings. The molecular formula is C24H25N3O4S2. The van der Waals surface area contributed by atoms with Crippen molar-refractivity contribution in [3.05, 3.63) is 63.3 Å². The van der Waals surface area contributed by atoms with Crippen LogP contribution in [0.4, 0.5) is 5.69 Å². The summed E-state index contributed by atoms with van der Waals surface area (Å²) in [5, 5.41) is 4.03. The summed E-state index contributed by atoms with van der Waals surface area (Å²) in [6.45, 7) is 6.34. The predicted octanol–water partition coefficient (Wildman–Crippen LogP) is 4.29. The number of methoxy groups -OCH3 is 1. The number of carbonyl (C=O) groups is 2. The van der Waals surface area contributed by atoms with Gasteiger partial charge in [0.25, 0.3) is 5.56 Å². The lowest BCUT2D eigenvalue weighted by molar-refractivity contribution is -0.113. The van der Waals surface area contributed by atoms with E-state index in [1.807, 2.05) is 0 Å². The number of carbonyl (C=O) groups excluding carboxylic acids is 2. The zero-order valence-corrected chi connectivity index (χ0v) is 20.2. The SMILES string of the molecule is C=CCn1c(SCC(=O)Nc2ccc(C(=O)OC)cc2)nc2sc3c(c2c1=O)CCC(C)C3. The van der Waals surface area contributed by atoms with Crippen LogP contribution in [0.3, 0.4) is 0 Å². The Hall–Kier alpha value is -2.91. The summed E-state index contributed by atoms with van der Waals surface area (Å²) in [6.07, 6.45) is 4.64. The largest absolute Gasteiger partial charge is 0.465 e. The molecule has 1 N–H and O–H groups in total. The van der Waals surface area contributed by atoms with E-state index < -0.39 is 5.97 Å². The molecule has 1 aliphatic carbocycles. The minimum absolute atomic E-state index is 0.0618. The first-order valence-electron chi connectivity index (χ1n) is 10.7. The molecular weight excluding hydrogens is 458 g/mol. The molecule has 0 saturated heterocycles. The fourth-order valence-electron chi connectivity index (χ4n) is 3.94. The van der Waals surface area contributed by atoms with Crippen LogP contribution in [0.2, 0.25) is 0 Å². The molecule has 1 amide bonds. The Bertz CT molecular complexity index is 1280. The summed E-state index contributed by atoms with van der Waals surface area (Å²) in [5.74, 6) is 0.0373. The summed E-state index contributed by atoms with van der Waals surface area (Å²) in [6, 6.07) is 6.46. The first kappa shape index (κ1) is 23.3. The fraction of sp³-hybridized carbons (Fsp3) is 0.333. The quantitative estimate of drug-likeness (QED) is 0.233. The van der Waals surface area contributed by atoms with Crippen molar-refractivity contribution in [1.82, 2.24) is 9.55 Å². The van der Waals surface area contributed by atoms with Crippen LogP contribution in [0.25, 0.3) is 10.2 Å². The van der Waals surface area contributed by atoms with Crippen LogP contribution in [0.5, 0.6) is 0 Å². The molecule has 0 fully saturated rings. The Morgan fingerprint density at radius 3 is 2.82 bits per heavy atom. The van der Waals surface area contributed by atoms with E-state index >= 15 is 0 Å². The van der Waals surface area contributed by atoms with Crippen LogP contribution in [-0.4, -0.2) is 34.3 Å². The van der Waals surface area contributed by atoms with Crippen LogP contribution in [0.1, 0.15) is 34.1 Å². The molecule has 1 unspecified atom stereocenters. The van der Waals surface area contributed by atoms with Gasteiger partial charge in [0.1, 0.15) is 4.83 Å². The molecule has 4 rings (SSSR count). The van der Waals surface area contributed by atoms with Gasteiger partial charge in [0.15, 0.2) is 5.16 Å². The molecule has 7 nitrogen and oxygen atoms in total.